The molecule has 0 aliphatic heterocycles. The number of carbonyl (C=O) groups excluding carboxylic acids is 1. The van der Waals surface area contributed by atoms with Crippen molar-refractivity contribution >= 4 is 5.91 Å². The number of nitrogens with one attached hydrogen (secondary N) is 1. The molecule has 1 amide bonds. The third-order valence-corrected chi connectivity index (χ3v) is 3.01. The van der Waals surface area contributed by atoms with Crippen LogP contribution in [0.3, 0.4) is 0 Å². The van der Waals surface area contributed by atoms with Gasteiger partial charge in [-0.25, -0.2) is 0 Å². The van der Waals surface area contributed by atoms with Crippen LogP contribution in [0.5, 0.6) is 0 Å². The van der Waals surface area contributed by atoms with Crippen LogP contribution in [-0.4, -0.2) is 55.2 Å². The Morgan fingerprint density at radius 2 is 2.12 bits per heavy atom. The van der Waals surface area contributed by atoms with E-state index in [2.05, 4.69) is 5.32 Å². The first-order valence-corrected chi connectivity index (χ1v) is 5.67. The normalized spacial score (nSPS) is 21.6. The highest BCUT2D eigenvalue weighted by Gasteiger charge is 2.48. The maximum atomic E-state index is 11.8. The van der Waals surface area contributed by atoms with Crippen LogP contribution in [0, 0.1) is 5.41 Å². The standard InChI is InChI=1S/C11H23N3O2/c1-10(16,8-14(2)3)7-13-9(15)11(6-12)4-5-11/h16H,4-8,12H2,1-3H3,(H,13,15). The van der Waals surface area contributed by atoms with Gasteiger partial charge in [-0.05, 0) is 33.9 Å². The van der Waals surface area contributed by atoms with Gasteiger partial charge in [0, 0.05) is 19.6 Å². The molecule has 0 spiro atoms. The van der Waals surface area contributed by atoms with E-state index in [1.54, 1.807) is 6.92 Å². The minimum Gasteiger partial charge on any atom is -0.387 e. The third kappa shape index (κ3) is 3.43. The highest BCUT2D eigenvalue weighted by atomic mass is 16.3. The Morgan fingerprint density at radius 1 is 1.56 bits per heavy atom. The molecule has 94 valence electrons. The second-order valence-corrected chi connectivity index (χ2v) is 5.40. The van der Waals surface area contributed by atoms with Crippen LogP contribution in [0.1, 0.15) is 19.8 Å². The number of carbonyl (C=O) groups is 1. The molecule has 1 aliphatic carbocycles. The van der Waals surface area contributed by atoms with Crippen LogP contribution in [0.2, 0.25) is 0 Å². The van der Waals surface area contributed by atoms with Gasteiger partial charge in [0.1, 0.15) is 0 Å². The Morgan fingerprint density at radius 3 is 2.50 bits per heavy atom. The van der Waals surface area contributed by atoms with Gasteiger partial charge >= 0.3 is 0 Å². The molecule has 0 saturated heterocycles. The van der Waals surface area contributed by atoms with E-state index in [0.717, 1.165) is 12.8 Å². The fraction of sp³-hybridized carbons (Fsp3) is 0.909. The van der Waals surface area contributed by atoms with Crippen molar-refractivity contribution in [2.75, 3.05) is 33.7 Å². The zero-order valence-corrected chi connectivity index (χ0v) is 10.4. The van der Waals surface area contributed by atoms with Gasteiger partial charge in [-0.1, -0.05) is 0 Å². The molecule has 1 fully saturated rings. The van der Waals surface area contributed by atoms with Crippen molar-refractivity contribution in [3.8, 4) is 0 Å². The lowest BCUT2D eigenvalue weighted by Gasteiger charge is -2.27. The second-order valence-electron chi connectivity index (χ2n) is 5.40. The molecule has 0 aromatic rings. The summed E-state index contributed by atoms with van der Waals surface area (Å²) in [5.74, 6) is -0.0194. The van der Waals surface area contributed by atoms with Gasteiger partial charge in [-0.3, -0.25) is 4.79 Å². The summed E-state index contributed by atoms with van der Waals surface area (Å²) in [6, 6.07) is 0. The van der Waals surface area contributed by atoms with Crippen LogP contribution in [0.25, 0.3) is 0 Å². The quantitative estimate of drug-likeness (QED) is 0.554. The average molecular weight is 229 g/mol. The fourth-order valence-electron chi connectivity index (χ4n) is 1.87. The number of amides is 1. The molecule has 4 N–H and O–H groups in total. The molecule has 5 nitrogen and oxygen atoms in total. The van der Waals surface area contributed by atoms with Gasteiger partial charge in [0.2, 0.25) is 5.91 Å². The molecule has 0 aromatic carbocycles. The van der Waals surface area contributed by atoms with Crippen molar-refractivity contribution in [3.63, 3.8) is 0 Å². The zero-order valence-electron chi connectivity index (χ0n) is 10.4. The van der Waals surface area contributed by atoms with Crippen molar-refractivity contribution < 1.29 is 9.90 Å². The number of hydrogen-bond acceptors (Lipinski definition) is 4. The number of nitrogens with zero attached hydrogens (tertiary/aromatic N) is 1. The van der Waals surface area contributed by atoms with Crippen molar-refractivity contribution in [1.82, 2.24) is 10.2 Å². The molecule has 1 aliphatic rings. The highest BCUT2D eigenvalue weighted by Crippen LogP contribution is 2.44. The van der Waals surface area contributed by atoms with Gasteiger partial charge < -0.3 is 21.1 Å². The Bertz CT molecular complexity index is 260. The lowest BCUT2D eigenvalue weighted by atomic mass is 10.0. The summed E-state index contributed by atoms with van der Waals surface area (Å²) < 4.78 is 0. The summed E-state index contributed by atoms with van der Waals surface area (Å²) in [5, 5.41) is 12.8. The Hall–Kier alpha value is -0.650. The lowest BCUT2D eigenvalue weighted by Crippen LogP contribution is -2.49. The third-order valence-electron chi connectivity index (χ3n) is 3.01. The summed E-state index contributed by atoms with van der Waals surface area (Å²) in [4.78, 5) is 13.7. The molecular formula is C11H23N3O2. The van der Waals surface area contributed by atoms with Gasteiger partial charge in [-0.15, -0.1) is 0 Å². The Labute approximate surface area is 97.0 Å². The van der Waals surface area contributed by atoms with Crippen LogP contribution in [0.4, 0.5) is 0 Å². The maximum absolute atomic E-state index is 11.8. The van der Waals surface area contributed by atoms with Crippen molar-refractivity contribution in [2.45, 2.75) is 25.4 Å². The number of aliphatic hydroxyl groups is 1. The van der Waals surface area contributed by atoms with E-state index in [4.69, 9.17) is 5.73 Å². The van der Waals surface area contributed by atoms with E-state index in [0.29, 0.717) is 13.1 Å². The molecular weight excluding hydrogens is 206 g/mol. The van der Waals surface area contributed by atoms with Crippen LogP contribution < -0.4 is 11.1 Å². The number of nitrogens with two attached hydrogens (primary N) is 1. The maximum Gasteiger partial charge on any atom is 0.227 e. The molecule has 0 aromatic heterocycles. The molecule has 0 heterocycles. The fourth-order valence-corrected chi connectivity index (χ4v) is 1.87. The highest BCUT2D eigenvalue weighted by molar-refractivity contribution is 5.85. The predicted molar refractivity (Wildman–Crippen MR) is 62.9 cm³/mol. The summed E-state index contributed by atoms with van der Waals surface area (Å²) in [6.45, 7) is 2.90. The monoisotopic (exact) mass is 229 g/mol. The molecule has 0 bridgehead atoms. The summed E-state index contributed by atoms with van der Waals surface area (Å²) in [6.07, 6.45) is 1.73. The minimum atomic E-state index is -0.899. The van der Waals surface area contributed by atoms with E-state index in [9.17, 15) is 9.90 Å². The van der Waals surface area contributed by atoms with Gasteiger partial charge in [0.15, 0.2) is 0 Å². The summed E-state index contributed by atoms with van der Waals surface area (Å²) in [5.41, 5.74) is 4.32. The predicted octanol–water partition coefficient (Wildman–Crippen LogP) is -0.846. The van der Waals surface area contributed by atoms with E-state index < -0.39 is 5.60 Å². The number of likely N-dealkylation sites (N-methyl/N-ethyl adjacent to an activating group) is 1. The average Bonchev–Trinajstić information content (AvgIpc) is 2.93. The first kappa shape index (κ1) is 13.4. The largest absolute Gasteiger partial charge is 0.387 e. The molecule has 1 atom stereocenters. The molecule has 5 heteroatoms. The van der Waals surface area contributed by atoms with Crippen LogP contribution in [0.15, 0.2) is 0 Å². The molecule has 1 unspecified atom stereocenters. The SMILES string of the molecule is CN(C)CC(C)(O)CNC(=O)C1(CN)CC1. The van der Waals surface area contributed by atoms with E-state index in [1.807, 2.05) is 19.0 Å². The first-order chi connectivity index (χ1) is 7.31. The van der Waals surface area contributed by atoms with Crippen LogP contribution in [-0.2, 0) is 4.79 Å². The smallest absolute Gasteiger partial charge is 0.227 e. The topological polar surface area (TPSA) is 78.6 Å². The van der Waals surface area contributed by atoms with Crippen molar-refractivity contribution in [1.29, 1.82) is 0 Å². The van der Waals surface area contributed by atoms with Gasteiger partial charge in [0.25, 0.3) is 0 Å². The van der Waals surface area contributed by atoms with E-state index in [-0.39, 0.29) is 17.9 Å². The van der Waals surface area contributed by atoms with Crippen molar-refractivity contribution in [2.24, 2.45) is 11.1 Å². The van der Waals surface area contributed by atoms with Crippen molar-refractivity contribution in [3.05, 3.63) is 0 Å². The second kappa shape index (κ2) is 4.69. The van der Waals surface area contributed by atoms with Crippen LogP contribution >= 0.6 is 0 Å². The molecule has 0 radical (unpaired) electrons. The van der Waals surface area contributed by atoms with Gasteiger partial charge in [-0.2, -0.15) is 0 Å². The lowest BCUT2D eigenvalue weighted by molar-refractivity contribution is -0.127. The summed E-state index contributed by atoms with van der Waals surface area (Å²) in [7, 11) is 3.77. The van der Waals surface area contributed by atoms with E-state index >= 15 is 0 Å². The Kier molecular flexibility index (Phi) is 3.93. The van der Waals surface area contributed by atoms with Gasteiger partial charge in [0.05, 0.1) is 11.0 Å². The zero-order chi connectivity index (χ0) is 12.4. The number of rotatable bonds is 6. The molecule has 1 rings (SSSR count). The molecule has 16 heavy (non-hydrogen) atoms. The first-order valence-electron chi connectivity index (χ1n) is 5.67. The molecule has 1 saturated carbocycles. The minimum absolute atomic E-state index is 0.0194. The Balaban J connectivity index is 2.36. The summed E-state index contributed by atoms with van der Waals surface area (Å²) >= 11 is 0. The number of hydrogen-bond donors (Lipinski definition) is 3. The van der Waals surface area contributed by atoms with E-state index in [1.165, 1.54) is 0 Å².